The second-order valence-corrected chi connectivity index (χ2v) is 6.84. The van der Waals surface area contributed by atoms with Crippen LogP contribution >= 0.6 is 23.2 Å². The zero-order valence-electron chi connectivity index (χ0n) is 14.7. The molecule has 9 nitrogen and oxygen atoms in total. The minimum atomic E-state index is -0.674. The fourth-order valence-electron chi connectivity index (χ4n) is 2.65. The van der Waals surface area contributed by atoms with Crippen LogP contribution in [0, 0.1) is 10.1 Å². The van der Waals surface area contributed by atoms with Crippen LogP contribution in [-0.2, 0) is 11.3 Å². The van der Waals surface area contributed by atoms with Gasteiger partial charge in [-0.05, 0) is 24.1 Å². The number of nitrogens with zero attached hydrogens (tertiary/aromatic N) is 5. The smallest absolute Gasteiger partial charge is 0.307 e. The molecule has 1 atom stereocenters. The van der Waals surface area contributed by atoms with Crippen molar-refractivity contribution in [3.63, 3.8) is 0 Å². The molecule has 3 aromatic rings. The molecule has 11 heteroatoms. The van der Waals surface area contributed by atoms with E-state index in [1.54, 1.807) is 29.9 Å². The summed E-state index contributed by atoms with van der Waals surface area (Å²) in [7, 11) is 0. The minimum Gasteiger partial charge on any atom is -0.322 e. The van der Waals surface area contributed by atoms with E-state index in [-0.39, 0.29) is 11.6 Å². The van der Waals surface area contributed by atoms with E-state index in [2.05, 4.69) is 15.5 Å². The summed E-state index contributed by atoms with van der Waals surface area (Å²) in [5, 5.41) is 22.6. The van der Waals surface area contributed by atoms with Gasteiger partial charge < -0.3 is 5.32 Å². The first-order valence-electron chi connectivity index (χ1n) is 8.33. The lowest BCUT2D eigenvalue weighted by Gasteiger charge is -2.14. The van der Waals surface area contributed by atoms with Crippen LogP contribution in [0.15, 0.2) is 43.0 Å². The van der Waals surface area contributed by atoms with Gasteiger partial charge in [0.05, 0.1) is 33.4 Å². The lowest BCUT2D eigenvalue weighted by Crippen LogP contribution is -2.25. The molecule has 0 aliphatic rings. The Morgan fingerprint density at radius 1 is 1.25 bits per heavy atom. The quantitative estimate of drug-likeness (QED) is 0.458. The summed E-state index contributed by atoms with van der Waals surface area (Å²) in [6.07, 6.45) is 5.97. The highest BCUT2D eigenvalue weighted by Gasteiger charge is 2.22. The predicted octanol–water partition coefficient (Wildman–Crippen LogP) is 3.93. The number of hydrogen-bond acceptors (Lipinski definition) is 5. The van der Waals surface area contributed by atoms with Gasteiger partial charge in [0.15, 0.2) is 0 Å². The van der Waals surface area contributed by atoms with Crippen LogP contribution in [-0.4, -0.2) is 30.4 Å². The summed E-state index contributed by atoms with van der Waals surface area (Å²) in [5.41, 5.74) is 1.25. The van der Waals surface area contributed by atoms with E-state index in [0.717, 1.165) is 11.8 Å². The molecule has 0 aliphatic heterocycles. The molecule has 1 aromatic carbocycles. The van der Waals surface area contributed by atoms with Crippen molar-refractivity contribution in [1.82, 2.24) is 19.6 Å². The van der Waals surface area contributed by atoms with Crippen LogP contribution in [0.3, 0.4) is 0 Å². The first kappa shape index (κ1) is 19.8. The summed E-state index contributed by atoms with van der Waals surface area (Å²) >= 11 is 11.9. The van der Waals surface area contributed by atoms with Crippen molar-refractivity contribution in [2.75, 3.05) is 5.32 Å². The fourth-order valence-corrected chi connectivity index (χ4v) is 2.97. The number of carbonyl (C=O) groups is 1. The summed E-state index contributed by atoms with van der Waals surface area (Å²) in [6.45, 7) is 2.25. The molecule has 2 heterocycles. The van der Waals surface area contributed by atoms with E-state index in [4.69, 9.17) is 23.2 Å². The van der Waals surface area contributed by atoms with Gasteiger partial charge in [-0.1, -0.05) is 36.2 Å². The Balaban J connectivity index is 1.68. The number of amides is 1. The number of hydrogen-bond donors (Lipinski definition) is 1. The highest BCUT2D eigenvalue weighted by Crippen LogP contribution is 2.23. The first-order chi connectivity index (χ1) is 13.4. The van der Waals surface area contributed by atoms with Gasteiger partial charge in [0.25, 0.3) is 0 Å². The third-order valence-corrected chi connectivity index (χ3v) is 4.78. The van der Waals surface area contributed by atoms with E-state index in [1.807, 2.05) is 6.07 Å². The third-order valence-electron chi connectivity index (χ3n) is 4.04. The van der Waals surface area contributed by atoms with Gasteiger partial charge in [0.1, 0.15) is 18.4 Å². The molecule has 2 aromatic heterocycles. The average Bonchev–Trinajstić information content (AvgIpc) is 3.29. The second-order valence-electron chi connectivity index (χ2n) is 6.02. The van der Waals surface area contributed by atoms with Crippen LogP contribution in [0.4, 0.5) is 11.4 Å². The van der Waals surface area contributed by atoms with Gasteiger partial charge in [0.2, 0.25) is 5.91 Å². The maximum atomic E-state index is 12.6. The van der Waals surface area contributed by atoms with E-state index < -0.39 is 11.0 Å². The van der Waals surface area contributed by atoms with Gasteiger partial charge in [-0.2, -0.15) is 10.2 Å². The third kappa shape index (κ3) is 4.49. The molecule has 0 radical (unpaired) electrons. The number of rotatable bonds is 7. The molecule has 1 amide bonds. The number of carbonyl (C=O) groups excluding carboxylic acids is 1. The molecule has 0 spiro atoms. The fraction of sp³-hybridized carbons (Fsp3) is 0.235. The Bertz CT molecular complexity index is 1020. The minimum absolute atomic E-state index is 0.166. The van der Waals surface area contributed by atoms with Crippen molar-refractivity contribution in [3.8, 4) is 0 Å². The van der Waals surface area contributed by atoms with Crippen LogP contribution < -0.4 is 5.32 Å². The molecule has 0 saturated carbocycles. The Morgan fingerprint density at radius 3 is 2.68 bits per heavy atom. The molecule has 0 fully saturated rings. The van der Waals surface area contributed by atoms with Gasteiger partial charge in [0, 0.05) is 6.20 Å². The Morgan fingerprint density at radius 2 is 2.04 bits per heavy atom. The zero-order chi connectivity index (χ0) is 20.3. The van der Waals surface area contributed by atoms with Crippen molar-refractivity contribution in [1.29, 1.82) is 0 Å². The molecule has 1 N–H and O–H groups in total. The summed E-state index contributed by atoms with van der Waals surface area (Å²) in [6, 6.07) is 4.63. The maximum Gasteiger partial charge on any atom is 0.307 e. The first-order valence-corrected chi connectivity index (χ1v) is 9.08. The monoisotopic (exact) mass is 422 g/mol. The summed E-state index contributed by atoms with van der Waals surface area (Å²) in [5.74, 6) is -0.338. The lowest BCUT2D eigenvalue weighted by molar-refractivity contribution is -0.385. The predicted molar refractivity (Wildman–Crippen MR) is 105 cm³/mol. The number of aromatic nitrogens is 4. The van der Waals surface area contributed by atoms with Crippen molar-refractivity contribution < 1.29 is 9.72 Å². The number of anilines is 1. The SMILES string of the molecule is CCC(C(=O)Nc1cnn(Cc2ccc(Cl)c(Cl)c2)c1)n1cc([N+](=O)[O-])cn1. The largest absolute Gasteiger partial charge is 0.322 e. The Hall–Kier alpha value is -2.91. The van der Waals surface area contributed by atoms with Crippen molar-refractivity contribution in [2.45, 2.75) is 25.9 Å². The van der Waals surface area contributed by atoms with Crippen LogP contribution in [0.5, 0.6) is 0 Å². The molecule has 0 aliphatic carbocycles. The van der Waals surface area contributed by atoms with Crippen LogP contribution in [0.1, 0.15) is 24.9 Å². The Kier molecular flexibility index (Phi) is 5.96. The number of halogens is 2. The molecule has 28 heavy (non-hydrogen) atoms. The van der Waals surface area contributed by atoms with Crippen LogP contribution in [0.2, 0.25) is 10.0 Å². The van der Waals surface area contributed by atoms with E-state index in [1.165, 1.54) is 17.1 Å². The molecule has 1 unspecified atom stereocenters. The average molecular weight is 423 g/mol. The van der Waals surface area contributed by atoms with Crippen molar-refractivity contribution >= 4 is 40.5 Å². The lowest BCUT2D eigenvalue weighted by atomic mass is 10.2. The molecule has 146 valence electrons. The van der Waals surface area contributed by atoms with E-state index in [9.17, 15) is 14.9 Å². The normalized spacial score (nSPS) is 12.0. The number of benzene rings is 1. The van der Waals surface area contributed by atoms with E-state index >= 15 is 0 Å². The molecule has 3 rings (SSSR count). The van der Waals surface area contributed by atoms with Crippen molar-refractivity contribution in [2.24, 2.45) is 0 Å². The second kappa shape index (κ2) is 8.41. The molecular formula is C17H16Cl2N6O3. The van der Waals surface area contributed by atoms with Crippen molar-refractivity contribution in [3.05, 3.63) is 68.7 Å². The number of nitro groups is 1. The maximum absolute atomic E-state index is 12.6. The highest BCUT2D eigenvalue weighted by atomic mass is 35.5. The summed E-state index contributed by atoms with van der Waals surface area (Å²) < 4.78 is 2.93. The molecular weight excluding hydrogens is 407 g/mol. The standard InChI is InChI=1S/C17H16Cl2N6O3/c1-2-16(24-10-13(7-21-24)25(27)28)17(26)22-12-6-20-23(9-12)8-11-3-4-14(18)15(19)5-11/h3-7,9-10,16H,2,8H2,1H3,(H,22,26). The van der Waals surface area contributed by atoms with E-state index in [0.29, 0.717) is 28.7 Å². The summed E-state index contributed by atoms with van der Waals surface area (Å²) in [4.78, 5) is 22.8. The highest BCUT2D eigenvalue weighted by molar-refractivity contribution is 6.42. The van der Waals surface area contributed by atoms with Crippen LogP contribution in [0.25, 0.3) is 0 Å². The Labute approximate surface area is 170 Å². The van der Waals surface area contributed by atoms with Gasteiger partial charge in [-0.3, -0.25) is 24.3 Å². The molecule has 0 saturated heterocycles. The number of nitrogens with one attached hydrogen (secondary N) is 1. The molecule has 0 bridgehead atoms. The topological polar surface area (TPSA) is 108 Å². The zero-order valence-corrected chi connectivity index (χ0v) is 16.3. The van der Waals surface area contributed by atoms with Gasteiger partial charge in [-0.15, -0.1) is 0 Å². The van der Waals surface area contributed by atoms with Gasteiger partial charge >= 0.3 is 5.69 Å². The van der Waals surface area contributed by atoms with Gasteiger partial charge in [-0.25, -0.2) is 0 Å².